The molecule has 0 bridgehead atoms. The van der Waals surface area contributed by atoms with Gasteiger partial charge in [0.1, 0.15) is 17.4 Å². The van der Waals surface area contributed by atoms with E-state index >= 15 is 0 Å². The summed E-state index contributed by atoms with van der Waals surface area (Å²) < 4.78 is 1.39. The predicted molar refractivity (Wildman–Crippen MR) is 82.0 cm³/mol. The van der Waals surface area contributed by atoms with E-state index in [1.807, 2.05) is 13.8 Å². The van der Waals surface area contributed by atoms with E-state index in [4.69, 9.17) is 5.11 Å². The fourth-order valence-electron chi connectivity index (χ4n) is 2.34. The van der Waals surface area contributed by atoms with Crippen LogP contribution in [0.3, 0.4) is 0 Å². The van der Waals surface area contributed by atoms with Crippen molar-refractivity contribution in [2.75, 3.05) is 0 Å². The molecule has 2 N–H and O–H groups in total. The van der Waals surface area contributed by atoms with Crippen LogP contribution in [0, 0.1) is 29.9 Å². The monoisotopic (exact) mass is 326 g/mol. The molecule has 9 heteroatoms. The van der Waals surface area contributed by atoms with Crippen molar-refractivity contribution in [3.8, 4) is 0 Å². The SMILES string of the molecule is Cc1nn(CCC(=O)N[C@H](CC(C)C)C(=O)O)c(C)c1[N+](=O)[O-]. The van der Waals surface area contributed by atoms with Gasteiger partial charge in [0.2, 0.25) is 5.91 Å². The number of nitrogens with one attached hydrogen (secondary N) is 1. The van der Waals surface area contributed by atoms with Crippen molar-refractivity contribution in [1.29, 1.82) is 0 Å². The lowest BCUT2D eigenvalue weighted by molar-refractivity contribution is -0.386. The summed E-state index contributed by atoms with van der Waals surface area (Å²) in [5.41, 5.74) is 0.599. The molecule has 1 rings (SSSR count). The number of carboxylic acids is 1. The van der Waals surface area contributed by atoms with Gasteiger partial charge in [-0.15, -0.1) is 0 Å². The van der Waals surface area contributed by atoms with Crippen LogP contribution >= 0.6 is 0 Å². The molecule has 1 atom stereocenters. The van der Waals surface area contributed by atoms with Crippen molar-refractivity contribution < 1.29 is 19.6 Å². The molecule has 0 aliphatic rings. The first-order valence-corrected chi connectivity index (χ1v) is 7.34. The summed E-state index contributed by atoms with van der Waals surface area (Å²) in [7, 11) is 0. The molecule has 0 aliphatic heterocycles. The number of amides is 1. The summed E-state index contributed by atoms with van der Waals surface area (Å²) in [5, 5.41) is 26.5. The quantitative estimate of drug-likeness (QED) is 0.549. The summed E-state index contributed by atoms with van der Waals surface area (Å²) in [4.78, 5) is 33.4. The first-order chi connectivity index (χ1) is 10.6. The number of hydrogen-bond acceptors (Lipinski definition) is 5. The Labute approximate surface area is 133 Å². The van der Waals surface area contributed by atoms with E-state index < -0.39 is 22.8 Å². The van der Waals surface area contributed by atoms with Gasteiger partial charge in [0.05, 0.1) is 11.5 Å². The molecule has 128 valence electrons. The average Bonchev–Trinajstić information content (AvgIpc) is 2.69. The maximum absolute atomic E-state index is 11.9. The van der Waals surface area contributed by atoms with Crippen LogP contribution in [0.25, 0.3) is 0 Å². The summed E-state index contributed by atoms with van der Waals surface area (Å²) >= 11 is 0. The third-order valence-electron chi connectivity index (χ3n) is 3.42. The maximum Gasteiger partial charge on any atom is 0.326 e. The van der Waals surface area contributed by atoms with E-state index in [0.29, 0.717) is 12.1 Å². The zero-order chi connectivity index (χ0) is 17.7. The van der Waals surface area contributed by atoms with Gasteiger partial charge in [-0.05, 0) is 26.2 Å². The number of aliphatic carboxylic acids is 1. The Hall–Kier alpha value is -2.45. The summed E-state index contributed by atoms with van der Waals surface area (Å²) in [6, 6.07) is -0.933. The highest BCUT2D eigenvalue weighted by Gasteiger charge is 2.23. The zero-order valence-corrected chi connectivity index (χ0v) is 13.7. The number of carbonyl (C=O) groups excluding carboxylic acids is 1. The second-order valence-corrected chi connectivity index (χ2v) is 5.84. The van der Waals surface area contributed by atoms with Gasteiger partial charge in [-0.3, -0.25) is 19.6 Å². The smallest absolute Gasteiger partial charge is 0.326 e. The number of aromatic nitrogens is 2. The van der Waals surface area contributed by atoms with Gasteiger partial charge in [0, 0.05) is 6.42 Å². The number of nitrogens with zero attached hydrogens (tertiary/aromatic N) is 3. The molecule has 1 amide bonds. The summed E-state index contributed by atoms with van der Waals surface area (Å²) in [5.74, 6) is -1.36. The van der Waals surface area contributed by atoms with Gasteiger partial charge in [0.15, 0.2) is 0 Å². The summed E-state index contributed by atoms with van der Waals surface area (Å²) in [6.07, 6.45) is 0.341. The molecule has 0 spiro atoms. The Bertz CT molecular complexity index is 609. The molecule has 0 saturated carbocycles. The Morgan fingerprint density at radius 2 is 2.00 bits per heavy atom. The second kappa shape index (κ2) is 7.70. The molecule has 0 saturated heterocycles. The number of hydrogen-bond donors (Lipinski definition) is 2. The van der Waals surface area contributed by atoms with Crippen LogP contribution in [0.5, 0.6) is 0 Å². The van der Waals surface area contributed by atoms with Gasteiger partial charge in [-0.1, -0.05) is 13.8 Å². The molecule has 1 heterocycles. The minimum atomic E-state index is -1.08. The van der Waals surface area contributed by atoms with Gasteiger partial charge >= 0.3 is 11.7 Å². The molecule has 0 aromatic carbocycles. The van der Waals surface area contributed by atoms with E-state index in [9.17, 15) is 19.7 Å². The van der Waals surface area contributed by atoms with Gasteiger partial charge in [0.25, 0.3) is 0 Å². The van der Waals surface area contributed by atoms with Gasteiger partial charge in [-0.2, -0.15) is 5.10 Å². The maximum atomic E-state index is 11.9. The fraction of sp³-hybridized carbons (Fsp3) is 0.643. The average molecular weight is 326 g/mol. The first-order valence-electron chi connectivity index (χ1n) is 7.34. The van der Waals surface area contributed by atoms with E-state index in [2.05, 4.69) is 10.4 Å². The molecular weight excluding hydrogens is 304 g/mol. The molecule has 0 fully saturated rings. The molecule has 1 aromatic heterocycles. The van der Waals surface area contributed by atoms with Crippen LogP contribution in [0.15, 0.2) is 0 Å². The molecule has 23 heavy (non-hydrogen) atoms. The number of carbonyl (C=O) groups is 2. The van der Waals surface area contributed by atoms with E-state index in [0.717, 1.165) is 0 Å². The van der Waals surface area contributed by atoms with Crippen molar-refractivity contribution in [3.63, 3.8) is 0 Å². The van der Waals surface area contributed by atoms with Crippen molar-refractivity contribution in [3.05, 3.63) is 21.5 Å². The highest BCUT2D eigenvalue weighted by atomic mass is 16.6. The highest BCUT2D eigenvalue weighted by Crippen LogP contribution is 2.21. The Balaban J connectivity index is 2.68. The molecule has 0 aliphatic carbocycles. The zero-order valence-electron chi connectivity index (χ0n) is 13.7. The minimum absolute atomic E-state index is 0.000982. The van der Waals surface area contributed by atoms with Crippen molar-refractivity contribution >= 4 is 17.6 Å². The van der Waals surface area contributed by atoms with Crippen LogP contribution in [-0.4, -0.2) is 37.7 Å². The molecule has 0 radical (unpaired) electrons. The second-order valence-electron chi connectivity index (χ2n) is 5.84. The highest BCUT2D eigenvalue weighted by molar-refractivity contribution is 5.83. The summed E-state index contributed by atoms with van der Waals surface area (Å²) in [6.45, 7) is 6.99. The van der Waals surface area contributed by atoms with Gasteiger partial charge in [-0.25, -0.2) is 4.79 Å². The number of nitro groups is 1. The first kappa shape index (κ1) is 18.6. The lowest BCUT2D eigenvalue weighted by Gasteiger charge is -2.16. The number of rotatable bonds is 8. The normalized spacial score (nSPS) is 12.2. The number of carboxylic acid groups (broad SMARTS) is 1. The fourth-order valence-corrected chi connectivity index (χ4v) is 2.34. The van der Waals surface area contributed by atoms with E-state index in [1.54, 1.807) is 6.92 Å². The van der Waals surface area contributed by atoms with Crippen LogP contribution in [0.1, 0.15) is 38.1 Å². The van der Waals surface area contributed by atoms with E-state index in [1.165, 1.54) is 11.6 Å². The lowest BCUT2D eigenvalue weighted by atomic mass is 10.0. The van der Waals surface area contributed by atoms with Crippen molar-refractivity contribution in [1.82, 2.24) is 15.1 Å². The lowest BCUT2D eigenvalue weighted by Crippen LogP contribution is -2.41. The van der Waals surface area contributed by atoms with Crippen LogP contribution in [0.2, 0.25) is 0 Å². The molecular formula is C14H22N4O5. The molecule has 9 nitrogen and oxygen atoms in total. The van der Waals surface area contributed by atoms with Crippen LogP contribution in [0.4, 0.5) is 5.69 Å². The van der Waals surface area contributed by atoms with Crippen molar-refractivity contribution in [2.24, 2.45) is 5.92 Å². The largest absolute Gasteiger partial charge is 0.480 e. The third-order valence-corrected chi connectivity index (χ3v) is 3.42. The van der Waals surface area contributed by atoms with Gasteiger partial charge < -0.3 is 10.4 Å². The van der Waals surface area contributed by atoms with Crippen LogP contribution < -0.4 is 5.32 Å². The number of aryl methyl sites for hydroxylation is 2. The predicted octanol–water partition coefficient (Wildman–Crippen LogP) is 1.41. The standard InChI is InChI=1S/C14H22N4O5/c1-8(2)7-11(14(20)21)15-12(19)5-6-17-10(4)13(18(22)23)9(3)16-17/h8,11H,5-7H2,1-4H3,(H,15,19)(H,20,21)/t11-/m1/s1. The Kier molecular flexibility index (Phi) is 6.23. The Morgan fingerprint density at radius 3 is 2.43 bits per heavy atom. The van der Waals surface area contributed by atoms with Crippen LogP contribution in [-0.2, 0) is 16.1 Å². The topological polar surface area (TPSA) is 127 Å². The van der Waals surface area contributed by atoms with Crippen molar-refractivity contribution in [2.45, 2.75) is 53.1 Å². The van der Waals surface area contributed by atoms with E-state index in [-0.39, 0.29) is 30.3 Å². The molecule has 0 unspecified atom stereocenters. The minimum Gasteiger partial charge on any atom is -0.480 e. The molecule has 1 aromatic rings. The Morgan fingerprint density at radius 1 is 1.39 bits per heavy atom. The third kappa shape index (κ3) is 5.04.